The molecule has 8 heteroatoms. The van der Waals surface area contributed by atoms with Crippen LogP contribution in [0, 0.1) is 0 Å². The molecule has 35 heavy (non-hydrogen) atoms. The SMILES string of the molecule is CCC[C@@H](NC(=O)OCC1c2ccccc2-c2ccccc21)C(=O)Nc1cc(C(=O)O)ccc1Br. The highest BCUT2D eigenvalue weighted by atomic mass is 79.9. The quantitative estimate of drug-likeness (QED) is 0.337. The van der Waals surface area contributed by atoms with Gasteiger partial charge in [-0.15, -0.1) is 0 Å². The summed E-state index contributed by atoms with van der Waals surface area (Å²) in [5.74, 6) is -1.64. The van der Waals surface area contributed by atoms with Crippen LogP contribution in [0.5, 0.6) is 0 Å². The molecule has 0 aliphatic heterocycles. The molecule has 3 aromatic rings. The molecule has 180 valence electrons. The van der Waals surface area contributed by atoms with Crippen LogP contribution in [0.15, 0.2) is 71.2 Å². The molecule has 0 fully saturated rings. The fourth-order valence-corrected chi connectivity index (χ4v) is 4.66. The lowest BCUT2D eigenvalue weighted by atomic mass is 9.98. The molecule has 3 N–H and O–H groups in total. The minimum Gasteiger partial charge on any atom is -0.478 e. The number of alkyl carbamates (subject to hydrolysis) is 1. The number of carbonyl (C=O) groups excluding carboxylic acids is 2. The molecule has 0 heterocycles. The molecule has 0 aromatic heterocycles. The molecule has 0 unspecified atom stereocenters. The van der Waals surface area contributed by atoms with Crippen LogP contribution in [0.4, 0.5) is 10.5 Å². The maximum atomic E-state index is 12.9. The summed E-state index contributed by atoms with van der Waals surface area (Å²) in [5.41, 5.74) is 4.83. The van der Waals surface area contributed by atoms with Gasteiger partial charge >= 0.3 is 12.1 Å². The molecule has 7 nitrogen and oxygen atoms in total. The molecular weight excluding hydrogens is 512 g/mol. The molecule has 0 bridgehead atoms. The first-order chi connectivity index (χ1) is 16.9. The van der Waals surface area contributed by atoms with Gasteiger partial charge in [-0.1, -0.05) is 61.9 Å². The van der Waals surface area contributed by atoms with Gasteiger partial charge in [0.1, 0.15) is 12.6 Å². The molecule has 1 aliphatic carbocycles. The fraction of sp³-hybridized carbons (Fsp3) is 0.222. The summed E-state index contributed by atoms with van der Waals surface area (Å²) in [6.07, 6.45) is 0.364. The summed E-state index contributed by atoms with van der Waals surface area (Å²) in [5, 5.41) is 14.6. The molecular formula is C27H25BrN2O5. The van der Waals surface area contributed by atoms with Gasteiger partial charge in [0.2, 0.25) is 5.91 Å². The van der Waals surface area contributed by atoms with Gasteiger partial charge in [0, 0.05) is 10.4 Å². The Morgan fingerprint density at radius 2 is 1.63 bits per heavy atom. The highest BCUT2D eigenvalue weighted by molar-refractivity contribution is 9.10. The van der Waals surface area contributed by atoms with E-state index < -0.39 is 24.0 Å². The average Bonchev–Trinajstić information content (AvgIpc) is 3.17. The lowest BCUT2D eigenvalue weighted by Crippen LogP contribution is -2.44. The normalized spacial score (nSPS) is 12.9. The monoisotopic (exact) mass is 536 g/mol. The second kappa shape index (κ2) is 10.7. The number of anilines is 1. The Kier molecular flexibility index (Phi) is 7.51. The zero-order chi connectivity index (χ0) is 24.9. The first kappa shape index (κ1) is 24.5. The Labute approximate surface area is 211 Å². The summed E-state index contributed by atoms with van der Waals surface area (Å²) >= 11 is 3.32. The summed E-state index contributed by atoms with van der Waals surface area (Å²) < 4.78 is 6.11. The second-order valence-corrected chi connectivity index (χ2v) is 9.15. The number of halogens is 1. The molecule has 0 saturated carbocycles. The van der Waals surface area contributed by atoms with Gasteiger partial charge < -0.3 is 20.5 Å². The van der Waals surface area contributed by atoms with Gasteiger partial charge in [-0.25, -0.2) is 9.59 Å². The van der Waals surface area contributed by atoms with Crippen molar-refractivity contribution in [2.75, 3.05) is 11.9 Å². The number of aromatic carboxylic acids is 1. The van der Waals surface area contributed by atoms with E-state index in [-0.39, 0.29) is 18.1 Å². The lowest BCUT2D eigenvalue weighted by Gasteiger charge is -2.20. The number of amides is 2. The number of benzene rings is 3. The maximum Gasteiger partial charge on any atom is 0.407 e. The van der Waals surface area contributed by atoms with Crippen molar-refractivity contribution in [3.63, 3.8) is 0 Å². The lowest BCUT2D eigenvalue weighted by molar-refractivity contribution is -0.118. The molecule has 0 spiro atoms. The van der Waals surface area contributed by atoms with Gasteiger partial charge in [-0.2, -0.15) is 0 Å². The Morgan fingerprint density at radius 3 is 2.23 bits per heavy atom. The Balaban J connectivity index is 1.42. The van der Waals surface area contributed by atoms with Crippen molar-refractivity contribution in [2.45, 2.75) is 31.7 Å². The van der Waals surface area contributed by atoms with E-state index in [1.807, 2.05) is 43.3 Å². The standard InChI is InChI=1S/C27H25BrN2O5/c1-2-7-23(25(31)29-24-14-16(26(32)33)12-13-22(24)28)30-27(34)35-15-21-19-10-5-3-8-17(19)18-9-4-6-11-20(18)21/h3-6,8-14,21,23H,2,7,15H2,1H3,(H,29,31)(H,30,34)(H,32,33)/t23-/m1/s1. The topological polar surface area (TPSA) is 105 Å². The largest absolute Gasteiger partial charge is 0.478 e. The molecule has 4 rings (SSSR count). The van der Waals surface area contributed by atoms with E-state index in [0.717, 1.165) is 22.3 Å². The first-order valence-electron chi connectivity index (χ1n) is 11.3. The van der Waals surface area contributed by atoms with Gasteiger partial charge in [0.25, 0.3) is 0 Å². The van der Waals surface area contributed by atoms with Crippen molar-refractivity contribution >= 4 is 39.6 Å². The van der Waals surface area contributed by atoms with Crippen molar-refractivity contribution in [3.05, 3.63) is 87.9 Å². The average molecular weight is 537 g/mol. The number of rotatable bonds is 8. The van der Waals surface area contributed by atoms with Crippen LogP contribution in [0.3, 0.4) is 0 Å². The van der Waals surface area contributed by atoms with Crippen LogP contribution in [0.1, 0.15) is 47.2 Å². The second-order valence-electron chi connectivity index (χ2n) is 8.30. The predicted octanol–water partition coefficient (Wildman–Crippen LogP) is 5.79. The number of hydrogen-bond acceptors (Lipinski definition) is 4. The highest BCUT2D eigenvalue weighted by Crippen LogP contribution is 2.44. The van der Waals surface area contributed by atoms with E-state index in [0.29, 0.717) is 23.0 Å². The number of carboxylic acids is 1. The van der Waals surface area contributed by atoms with E-state index in [1.165, 1.54) is 12.1 Å². The van der Waals surface area contributed by atoms with Crippen LogP contribution in [0.2, 0.25) is 0 Å². The van der Waals surface area contributed by atoms with Crippen LogP contribution < -0.4 is 10.6 Å². The number of hydrogen-bond donors (Lipinski definition) is 3. The van der Waals surface area contributed by atoms with Crippen LogP contribution in [-0.2, 0) is 9.53 Å². The van der Waals surface area contributed by atoms with Crippen LogP contribution in [0.25, 0.3) is 11.1 Å². The Morgan fingerprint density at radius 1 is 1.00 bits per heavy atom. The smallest absolute Gasteiger partial charge is 0.407 e. The minimum absolute atomic E-state index is 0.0417. The Hall–Kier alpha value is -3.65. The van der Waals surface area contributed by atoms with Gasteiger partial charge in [-0.3, -0.25) is 4.79 Å². The van der Waals surface area contributed by atoms with Crippen LogP contribution >= 0.6 is 15.9 Å². The van der Waals surface area contributed by atoms with Crippen molar-refractivity contribution in [1.29, 1.82) is 0 Å². The maximum absolute atomic E-state index is 12.9. The molecule has 0 radical (unpaired) electrons. The van der Waals surface area contributed by atoms with Gasteiger partial charge in [0.05, 0.1) is 11.3 Å². The minimum atomic E-state index is -1.10. The number of nitrogens with one attached hydrogen (secondary N) is 2. The fourth-order valence-electron chi connectivity index (χ4n) is 4.31. The summed E-state index contributed by atoms with van der Waals surface area (Å²) in [6, 6.07) is 19.6. The van der Waals surface area contributed by atoms with Crippen molar-refractivity contribution < 1.29 is 24.2 Å². The molecule has 2 amide bonds. The van der Waals surface area contributed by atoms with Gasteiger partial charge in [-0.05, 0) is 62.8 Å². The highest BCUT2D eigenvalue weighted by Gasteiger charge is 2.29. The zero-order valence-corrected chi connectivity index (χ0v) is 20.7. The molecule has 3 aromatic carbocycles. The van der Waals surface area contributed by atoms with Gasteiger partial charge in [0.15, 0.2) is 0 Å². The third-order valence-corrected chi connectivity index (χ3v) is 6.69. The number of carboxylic acid groups (broad SMARTS) is 1. The van der Waals surface area contributed by atoms with E-state index in [1.54, 1.807) is 6.07 Å². The summed E-state index contributed by atoms with van der Waals surface area (Å²) in [4.78, 5) is 36.9. The third-order valence-electron chi connectivity index (χ3n) is 6.00. The zero-order valence-electron chi connectivity index (χ0n) is 19.1. The van der Waals surface area contributed by atoms with Crippen molar-refractivity contribution in [2.24, 2.45) is 0 Å². The molecule has 0 saturated heterocycles. The number of fused-ring (bicyclic) bond motifs is 3. The Bertz CT molecular complexity index is 1230. The van der Waals surface area contributed by atoms with Crippen LogP contribution in [-0.4, -0.2) is 35.7 Å². The molecule has 1 atom stereocenters. The summed E-state index contributed by atoms with van der Waals surface area (Å²) in [7, 11) is 0. The summed E-state index contributed by atoms with van der Waals surface area (Å²) in [6.45, 7) is 2.05. The van der Waals surface area contributed by atoms with E-state index >= 15 is 0 Å². The van der Waals surface area contributed by atoms with Crippen molar-refractivity contribution in [1.82, 2.24) is 5.32 Å². The molecule has 1 aliphatic rings. The third kappa shape index (κ3) is 5.38. The predicted molar refractivity (Wildman–Crippen MR) is 137 cm³/mol. The van der Waals surface area contributed by atoms with E-state index in [4.69, 9.17) is 4.74 Å². The van der Waals surface area contributed by atoms with E-state index in [2.05, 4.69) is 38.7 Å². The van der Waals surface area contributed by atoms with E-state index in [9.17, 15) is 19.5 Å². The number of carbonyl (C=O) groups is 3. The number of ether oxygens (including phenoxy) is 1. The van der Waals surface area contributed by atoms with Crippen molar-refractivity contribution in [3.8, 4) is 11.1 Å². The first-order valence-corrected chi connectivity index (χ1v) is 12.1.